The van der Waals surface area contributed by atoms with Crippen molar-refractivity contribution in [2.75, 3.05) is 19.8 Å². The number of piperidine rings is 1. The Morgan fingerprint density at radius 1 is 1.50 bits per heavy atom. The monoisotopic (exact) mass is 199 g/mol. The molecule has 0 aromatic carbocycles. The van der Waals surface area contributed by atoms with Crippen molar-refractivity contribution in [3.8, 4) is 0 Å². The lowest BCUT2D eigenvalue weighted by Gasteiger charge is -2.41. The second-order valence-corrected chi connectivity index (χ2v) is 3.83. The van der Waals surface area contributed by atoms with Gasteiger partial charge in [-0.25, -0.2) is 0 Å². The maximum absolute atomic E-state index is 11.4. The molecule has 2 aliphatic heterocycles. The number of hydrogen-bond donors (Lipinski definition) is 1. The van der Waals surface area contributed by atoms with Crippen LogP contribution in [0.4, 0.5) is 0 Å². The van der Waals surface area contributed by atoms with E-state index in [1.807, 2.05) is 0 Å². The van der Waals surface area contributed by atoms with Gasteiger partial charge in [-0.3, -0.25) is 9.59 Å². The number of carbonyl (C=O) groups is 2. The first-order valence-electron chi connectivity index (χ1n) is 4.78. The number of nitrogens with zero attached hydrogens (tertiary/aromatic N) is 1. The summed E-state index contributed by atoms with van der Waals surface area (Å²) in [4.78, 5) is 23.8. The number of amides is 1. The van der Waals surface area contributed by atoms with Crippen molar-refractivity contribution < 1.29 is 19.4 Å². The molecule has 2 rings (SSSR count). The molecular formula is C9H13NO4. The van der Waals surface area contributed by atoms with Crippen LogP contribution in [-0.4, -0.2) is 47.7 Å². The molecular weight excluding hydrogens is 186 g/mol. The van der Waals surface area contributed by atoms with Crippen LogP contribution in [0.3, 0.4) is 0 Å². The SMILES string of the molecule is O=C(O)[C@H]1CC[C@H]2COCC(=O)N2C1. The second-order valence-electron chi connectivity index (χ2n) is 3.83. The van der Waals surface area contributed by atoms with Crippen LogP contribution in [0.5, 0.6) is 0 Å². The maximum Gasteiger partial charge on any atom is 0.308 e. The summed E-state index contributed by atoms with van der Waals surface area (Å²) in [6, 6.07) is 0.104. The molecule has 0 unspecified atom stereocenters. The smallest absolute Gasteiger partial charge is 0.308 e. The summed E-state index contributed by atoms with van der Waals surface area (Å²) in [5.74, 6) is -1.27. The standard InChI is InChI=1S/C9H13NO4/c11-8-5-14-4-7-2-1-6(9(12)13)3-10(7)8/h6-7H,1-5H2,(H,12,13)/t6-,7-/m0/s1. The summed E-state index contributed by atoms with van der Waals surface area (Å²) in [5, 5.41) is 8.85. The Labute approximate surface area is 81.6 Å². The number of carboxylic acid groups (broad SMARTS) is 1. The van der Waals surface area contributed by atoms with Gasteiger partial charge in [0.05, 0.1) is 18.6 Å². The highest BCUT2D eigenvalue weighted by molar-refractivity contribution is 5.80. The van der Waals surface area contributed by atoms with Gasteiger partial charge in [-0.1, -0.05) is 0 Å². The van der Waals surface area contributed by atoms with Gasteiger partial charge < -0.3 is 14.7 Å². The zero-order valence-corrected chi connectivity index (χ0v) is 7.81. The van der Waals surface area contributed by atoms with Gasteiger partial charge in [0.25, 0.3) is 0 Å². The first-order valence-corrected chi connectivity index (χ1v) is 4.78. The van der Waals surface area contributed by atoms with Gasteiger partial charge in [0.15, 0.2) is 0 Å². The average Bonchev–Trinajstić information content (AvgIpc) is 2.18. The highest BCUT2D eigenvalue weighted by Crippen LogP contribution is 2.24. The van der Waals surface area contributed by atoms with Crippen LogP contribution in [0.1, 0.15) is 12.8 Å². The van der Waals surface area contributed by atoms with E-state index in [4.69, 9.17) is 9.84 Å². The highest BCUT2D eigenvalue weighted by Gasteiger charge is 2.36. The Kier molecular flexibility index (Phi) is 2.41. The minimum absolute atomic E-state index is 0.0767. The van der Waals surface area contributed by atoms with Gasteiger partial charge >= 0.3 is 5.97 Å². The number of carbonyl (C=O) groups excluding carboxylic acids is 1. The van der Waals surface area contributed by atoms with E-state index in [2.05, 4.69) is 0 Å². The number of aliphatic carboxylic acids is 1. The quantitative estimate of drug-likeness (QED) is 0.630. The van der Waals surface area contributed by atoms with E-state index in [1.54, 1.807) is 4.90 Å². The van der Waals surface area contributed by atoms with Crippen LogP contribution in [0.15, 0.2) is 0 Å². The number of fused-ring (bicyclic) bond motifs is 1. The Bertz CT molecular complexity index is 266. The molecule has 0 aromatic rings. The number of rotatable bonds is 1. The van der Waals surface area contributed by atoms with Crippen molar-refractivity contribution in [3.05, 3.63) is 0 Å². The molecule has 5 heteroatoms. The van der Waals surface area contributed by atoms with Crippen molar-refractivity contribution in [1.29, 1.82) is 0 Å². The van der Waals surface area contributed by atoms with Crippen LogP contribution in [-0.2, 0) is 14.3 Å². The largest absolute Gasteiger partial charge is 0.481 e. The minimum Gasteiger partial charge on any atom is -0.481 e. The summed E-state index contributed by atoms with van der Waals surface area (Å²) >= 11 is 0. The molecule has 0 aromatic heterocycles. The first kappa shape index (κ1) is 9.45. The van der Waals surface area contributed by atoms with E-state index >= 15 is 0 Å². The van der Waals surface area contributed by atoms with Crippen LogP contribution in [0.25, 0.3) is 0 Å². The fourth-order valence-corrected chi connectivity index (χ4v) is 2.07. The van der Waals surface area contributed by atoms with Gasteiger partial charge in [-0.15, -0.1) is 0 Å². The van der Waals surface area contributed by atoms with E-state index < -0.39 is 11.9 Å². The van der Waals surface area contributed by atoms with E-state index in [1.165, 1.54) is 0 Å². The molecule has 2 saturated heterocycles. The Hall–Kier alpha value is -1.10. The van der Waals surface area contributed by atoms with Crippen molar-refractivity contribution >= 4 is 11.9 Å². The summed E-state index contributed by atoms with van der Waals surface area (Å²) in [5.41, 5.74) is 0. The minimum atomic E-state index is -0.803. The van der Waals surface area contributed by atoms with Gasteiger partial charge in [-0.2, -0.15) is 0 Å². The van der Waals surface area contributed by atoms with E-state index in [-0.39, 0.29) is 18.6 Å². The lowest BCUT2D eigenvalue weighted by Crippen LogP contribution is -2.54. The van der Waals surface area contributed by atoms with Crippen molar-refractivity contribution in [2.24, 2.45) is 5.92 Å². The van der Waals surface area contributed by atoms with Gasteiger partial charge in [0.1, 0.15) is 6.61 Å². The van der Waals surface area contributed by atoms with Crippen LogP contribution < -0.4 is 0 Å². The van der Waals surface area contributed by atoms with E-state index in [0.717, 1.165) is 6.42 Å². The van der Waals surface area contributed by atoms with Gasteiger partial charge in [-0.05, 0) is 12.8 Å². The fourth-order valence-electron chi connectivity index (χ4n) is 2.07. The van der Waals surface area contributed by atoms with Crippen molar-refractivity contribution in [1.82, 2.24) is 4.90 Å². The molecule has 5 nitrogen and oxygen atoms in total. The lowest BCUT2D eigenvalue weighted by molar-refractivity contribution is -0.157. The van der Waals surface area contributed by atoms with E-state index in [9.17, 15) is 9.59 Å². The summed E-state index contributed by atoms with van der Waals surface area (Å²) in [6.45, 7) is 1.00. The summed E-state index contributed by atoms with van der Waals surface area (Å²) in [7, 11) is 0. The Balaban J connectivity index is 2.05. The molecule has 2 heterocycles. The van der Waals surface area contributed by atoms with Crippen molar-refractivity contribution in [2.45, 2.75) is 18.9 Å². The summed E-state index contributed by atoms with van der Waals surface area (Å²) < 4.78 is 5.11. The molecule has 0 bridgehead atoms. The fraction of sp³-hybridized carbons (Fsp3) is 0.778. The third kappa shape index (κ3) is 1.59. The molecule has 2 aliphatic rings. The predicted molar refractivity (Wildman–Crippen MR) is 46.7 cm³/mol. The number of ether oxygens (including phenoxy) is 1. The highest BCUT2D eigenvalue weighted by atomic mass is 16.5. The molecule has 0 spiro atoms. The van der Waals surface area contributed by atoms with E-state index in [0.29, 0.717) is 19.6 Å². The molecule has 1 amide bonds. The topological polar surface area (TPSA) is 66.8 Å². The molecule has 14 heavy (non-hydrogen) atoms. The van der Waals surface area contributed by atoms with Crippen LogP contribution >= 0.6 is 0 Å². The van der Waals surface area contributed by atoms with Gasteiger partial charge in [0.2, 0.25) is 5.91 Å². The lowest BCUT2D eigenvalue weighted by atomic mass is 9.92. The third-order valence-corrected chi connectivity index (χ3v) is 2.91. The van der Waals surface area contributed by atoms with Crippen molar-refractivity contribution in [3.63, 3.8) is 0 Å². The average molecular weight is 199 g/mol. The maximum atomic E-state index is 11.4. The molecule has 78 valence electrons. The number of hydrogen-bond acceptors (Lipinski definition) is 3. The number of morpholine rings is 1. The Morgan fingerprint density at radius 3 is 3.00 bits per heavy atom. The molecule has 2 atom stereocenters. The summed E-state index contributed by atoms with van der Waals surface area (Å²) in [6.07, 6.45) is 1.38. The predicted octanol–water partition coefficient (Wildman–Crippen LogP) is -0.292. The zero-order valence-electron chi connectivity index (χ0n) is 7.81. The Morgan fingerprint density at radius 2 is 2.29 bits per heavy atom. The van der Waals surface area contributed by atoms with Gasteiger partial charge in [0, 0.05) is 6.54 Å². The molecule has 0 saturated carbocycles. The molecule has 1 N–H and O–H groups in total. The molecule has 0 aliphatic carbocycles. The number of carboxylic acids is 1. The zero-order chi connectivity index (χ0) is 10.1. The first-order chi connectivity index (χ1) is 6.68. The van der Waals surface area contributed by atoms with Crippen LogP contribution in [0.2, 0.25) is 0 Å². The van der Waals surface area contributed by atoms with Crippen LogP contribution in [0, 0.1) is 5.92 Å². The molecule has 2 fully saturated rings. The normalized spacial score (nSPS) is 32.6. The molecule has 0 radical (unpaired) electrons. The third-order valence-electron chi connectivity index (χ3n) is 2.91. The second kappa shape index (κ2) is 3.57.